The third kappa shape index (κ3) is 3.15. The van der Waals surface area contributed by atoms with Crippen molar-refractivity contribution in [2.45, 2.75) is 26.3 Å². The summed E-state index contributed by atoms with van der Waals surface area (Å²) < 4.78 is 7.39. The van der Waals surface area contributed by atoms with Gasteiger partial charge in [0.25, 0.3) is 0 Å². The van der Waals surface area contributed by atoms with Crippen LogP contribution in [0.15, 0.2) is 24.7 Å². The fraction of sp³-hybridized carbons (Fsp3) is 0.429. The molecule has 1 unspecified atom stereocenters. The van der Waals surface area contributed by atoms with Crippen LogP contribution in [-0.2, 0) is 7.05 Å². The van der Waals surface area contributed by atoms with E-state index >= 15 is 0 Å². The maximum absolute atomic E-state index is 5.71. The van der Waals surface area contributed by atoms with E-state index < -0.39 is 0 Å². The van der Waals surface area contributed by atoms with Crippen LogP contribution in [0.3, 0.4) is 0 Å². The Morgan fingerprint density at radius 3 is 2.85 bits per heavy atom. The molecule has 3 N–H and O–H groups in total. The molecule has 0 bridgehead atoms. The Kier molecular flexibility index (Phi) is 4.70. The molecule has 108 valence electrons. The lowest BCUT2D eigenvalue weighted by Crippen LogP contribution is -2.29. The van der Waals surface area contributed by atoms with Gasteiger partial charge in [-0.05, 0) is 25.0 Å². The number of rotatable bonds is 6. The van der Waals surface area contributed by atoms with Gasteiger partial charge in [0.2, 0.25) is 0 Å². The summed E-state index contributed by atoms with van der Waals surface area (Å²) in [6.07, 6.45) is 6.42. The van der Waals surface area contributed by atoms with Crippen molar-refractivity contribution in [2.24, 2.45) is 12.9 Å². The van der Waals surface area contributed by atoms with Gasteiger partial charge >= 0.3 is 0 Å². The first-order valence-corrected chi connectivity index (χ1v) is 6.69. The molecule has 0 aliphatic carbocycles. The number of ether oxygens (including phenoxy) is 1. The number of aryl methyl sites for hydroxylation is 2. The van der Waals surface area contributed by atoms with Crippen LogP contribution >= 0.6 is 0 Å². The molecule has 0 aliphatic rings. The zero-order valence-corrected chi connectivity index (χ0v) is 12.1. The lowest BCUT2D eigenvalue weighted by Gasteiger charge is -2.16. The van der Waals surface area contributed by atoms with Gasteiger partial charge in [-0.15, -0.1) is 0 Å². The number of nitrogens with one attached hydrogen (secondary N) is 1. The van der Waals surface area contributed by atoms with Crippen LogP contribution < -0.4 is 16.0 Å². The Morgan fingerprint density at radius 1 is 1.45 bits per heavy atom. The molecule has 2 aromatic heterocycles. The molecule has 0 saturated carbocycles. The lowest BCUT2D eigenvalue weighted by molar-refractivity contribution is 0.315. The highest BCUT2D eigenvalue weighted by atomic mass is 16.5. The zero-order chi connectivity index (χ0) is 14.5. The number of aromatic nitrogens is 3. The number of nitrogens with zero attached hydrogens (tertiary/aromatic N) is 3. The second kappa shape index (κ2) is 6.49. The van der Waals surface area contributed by atoms with Gasteiger partial charge in [0.1, 0.15) is 5.75 Å². The van der Waals surface area contributed by atoms with Crippen LogP contribution in [0.5, 0.6) is 5.75 Å². The molecule has 2 heterocycles. The normalized spacial score (nSPS) is 12.4. The van der Waals surface area contributed by atoms with Gasteiger partial charge in [0.05, 0.1) is 24.5 Å². The van der Waals surface area contributed by atoms with E-state index in [0.29, 0.717) is 6.61 Å². The van der Waals surface area contributed by atoms with Crippen LogP contribution in [0.25, 0.3) is 0 Å². The smallest absolute Gasteiger partial charge is 0.137 e. The maximum atomic E-state index is 5.71. The maximum Gasteiger partial charge on any atom is 0.137 e. The first kappa shape index (κ1) is 14.5. The monoisotopic (exact) mass is 275 g/mol. The number of nitrogens with two attached hydrogens (primary N) is 1. The van der Waals surface area contributed by atoms with Crippen molar-refractivity contribution in [3.63, 3.8) is 0 Å². The molecule has 2 aromatic rings. The second-order valence-electron chi connectivity index (χ2n) is 4.75. The fourth-order valence-corrected chi connectivity index (χ4v) is 2.16. The third-order valence-corrected chi connectivity index (χ3v) is 3.07. The van der Waals surface area contributed by atoms with Crippen LogP contribution in [0, 0.1) is 6.92 Å². The largest absolute Gasteiger partial charge is 0.492 e. The molecule has 6 nitrogen and oxygen atoms in total. The van der Waals surface area contributed by atoms with E-state index in [2.05, 4.69) is 22.4 Å². The van der Waals surface area contributed by atoms with E-state index in [1.54, 1.807) is 17.1 Å². The minimum Gasteiger partial charge on any atom is -0.492 e. The molecule has 0 aliphatic heterocycles. The Labute approximate surface area is 118 Å². The number of hydrogen-bond acceptors (Lipinski definition) is 5. The molecule has 20 heavy (non-hydrogen) atoms. The summed E-state index contributed by atoms with van der Waals surface area (Å²) in [6, 6.07) is 1.81. The first-order valence-electron chi connectivity index (χ1n) is 6.69. The summed E-state index contributed by atoms with van der Waals surface area (Å²) in [5.74, 6) is 6.47. The molecule has 0 spiro atoms. The van der Waals surface area contributed by atoms with E-state index in [1.807, 2.05) is 26.2 Å². The van der Waals surface area contributed by atoms with Gasteiger partial charge in [0, 0.05) is 25.0 Å². The first-order chi connectivity index (χ1) is 9.65. The van der Waals surface area contributed by atoms with E-state index in [0.717, 1.165) is 29.0 Å². The molecule has 2 rings (SSSR count). The highest BCUT2D eigenvalue weighted by molar-refractivity contribution is 5.34. The highest BCUT2D eigenvalue weighted by Crippen LogP contribution is 2.25. The molecule has 6 heteroatoms. The van der Waals surface area contributed by atoms with Crippen molar-refractivity contribution < 1.29 is 4.74 Å². The van der Waals surface area contributed by atoms with Gasteiger partial charge in [0.15, 0.2) is 0 Å². The van der Waals surface area contributed by atoms with Gasteiger partial charge in [-0.2, -0.15) is 5.10 Å². The van der Waals surface area contributed by atoms with Crippen molar-refractivity contribution in [3.05, 3.63) is 41.5 Å². The zero-order valence-electron chi connectivity index (χ0n) is 12.1. The number of hydrogen-bond donors (Lipinski definition) is 2. The van der Waals surface area contributed by atoms with Crippen molar-refractivity contribution >= 4 is 0 Å². The van der Waals surface area contributed by atoms with E-state index in [4.69, 9.17) is 10.6 Å². The minimum atomic E-state index is -0.152. The van der Waals surface area contributed by atoms with Crippen LogP contribution in [0.4, 0.5) is 0 Å². The second-order valence-corrected chi connectivity index (χ2v) is 4.75. The average molecular weight is 275 g/mol. The van der Waals surface area contributed by atoms with Gasteiger partial charge in [-0.25, -0.2) is 5.43 Å². The standard InChI is InChI=1S/C14H21N5O/c1-4-5-20-12-6-11(7-16-8-12)14(17-15)13-9-19(3)18-10(13)2/h6-9,14,17H,4-5,15H2,1-3H3. The van der Waals surface area contributed by atoms with Gasteiger partial charge < -0.3 is 4.74 Å². The Balaban J connectivity index is 2.29. The van der Waals surface area contributed by atoms with E-state index in [9.17, 15) is 0 Å². The molecular formula is C14H21N5O. The predicted octanol–water partition coefficient (Wildman–Crippen LogP) is 1.47. The van der Waals surface area contributed by atoms with Crippen molar-refractivity contribution in [2.75, 3.05) is 6.61 Å². The summed E-state index contributed by atoms with van der Waals surface area (Å²) in [4.78, 5) is 4.22. The summed E-state index contributed by atoms with van der Waals surface area (Å²) >= 11 is 0. The molecule has 0 aromatic carbocycles. The molecule has 0 radical (unpaired) electrons. The molecule has 0 fully saturated rings. The molecular weight excluding hydrogens is 254 g/mol. The Bertz CT molecular complexity index is 566. The van der Waals surface area contributed by atoms with E-state index in [1.165, 1.54) is 0 Å². The van der Waals surface area contributed by atoms with E-state index in [-0.39, 0.29) is 6.04 Å². The Morgan fingerprint density at radius 2 is 2.25 bits per heavy atom. The SMILES string of the molecule is CCCOc1cncc(C(NN)c2cn(C)nc2C)c1. The molecule has 0 amide bonds. The topological polar surface area (TPSA) is 78.0 Å². The summed E-state index contributed by atoms with van der Waals surface area (Å²) in [6.45, 7) is 4.71. The lowest BCUT2D eigenvalue weighted by atomic mass is 10.0. The molecule has 0 saturated heterocycles. The third-order valence-electron chi connectivity index (χ3n) is 3.07. The van der Waals surface area contributed by atoms with Gasteiger partial charge in [-0.1, -0.05) is 6.92 Å². The van der Waals surface area contributed by atoms with Crippen LogP contribution in [-0.4, -0.2) is 21.4 Å². The van der Waals surface area contributed by atoms with Crippen LogP contribution in [0.2, 0.25) is 0 Å². The fourth-order valence-electron chi connectivity index (χ4n) is 2.16. The summed E-state index contributed by atoms with van der Waals surface area (Å²) in [5.41, 5.74) is 5.75. The van der Waals surface area contributed by atoms with Crippen LogP contribution in [0.1, 0.15) is 36.2 Å². The quantitative estimate of drug-likeness (QED) is 0.616. The Hall–Kier alpha value is -1.92. The average Bonchev–Trinajstić information content (AvgIpc) is 2.77. The van der Waals surface area contributed by atoms with Crippen molar-refractivity contribution in [1.82, 2.24) is 20.2 Å². The summed E-state index contributed by atoms with van der Waals surface area (Å²) in [5, 5.41) is 4.35. The van der Waals surface area contributed by atoms with Gasteiger partial charge in [-0.3, -0.25) is 15.5 Å². The number of pyridine rings is 1. The van der Waals surface area contributed by atoms with Crippen molar-refractivity contribution in [1.29, 1.82) is 0 Å². The molecule has 1 atom stereocenters. The minimum absolute atomic E-state index is 0.152. The predicted molar refractivity (Wildman–Crippen MR) is 77.1 cm³/mol. The number of hydrazine groups is 1. The highest BCUT2D eigenvalue weighted by Gasteiger charge is 2.18. The summed E-state index contributed by atoms with van der Waals surface area (Å²) in [7, 11) is 1.89. The van der Waals surface area contributed by atoms with Crippen molar-refractivity contribution in [3.8, 4) is 5.75 Å².